The molecule has 7 heteroatoms. The third kappa shape index (κ3) is 4.62. The van der Waals surface area contributed by atoms with E-state index >= 15 is 0 Å². The highest BCUT2D eigenvalue weighted by Crippen LogP contribution is 2.03. The third-order valence-electron chi connectivity index (χ3n) is 2.99. The highest BCUT2D eigenvalue weighted by atomic mass is 16.5. The van der Waals surface area contributed by atoms with Crippen molar-refractivity contribution < 1.29 is 19.1 Å². The van der Waals surface area contributed by atoms with E-state index in [1.165, 1.54) is 6.08 Å². The summed E-state index contributed by atoms with van der Waals surface area (Å²) in [4.78, 5) is 34.2. The number of rotatable bonds is 5. The molecule has 2 amide bonds. The van der Waals surface area contributed by atoms with Gasteiger partial charge in [0, 0.05) is 13.0 Å². The lowest BCUT2D eigenvalue weighted by molar-refractivity contribution is -0.145. The van der Waals surface area contributed by atoms with E-state index in [-0.39, 0.29) is 24.6 Å². The van der Waals surface area contributed by atoms with Gasteiger partial charge in [0.2, 0.25) is 5.91 Å². The maximum Gasteiger partial charge on any atom is 0.356 e. The molecule has 0 aromatic heterocycles. The summed E-state index contributed by atoms with van der Waals surface area (Å²) in [6, 6.07) is 7.75. The van der Waals surface area contributed by atoms with Gasteiger partial charge in [0.1, 0.15) is 5.70 Å². The molecule has 2 rings (SSSR count). The van der Waals surface area contributed by atoms with Crippen LogP contribution >= 0.6 is 0 Å². The van der Waals surface area contributed by atoms with Crippen LogP contribution in [0.4, 0.5) is 0 Å². The van der Waals surface area contributed by atoms with Crippen LogP contribution in [0.5, 0.6) is 0 Å². The lowest BCUT2D eigenvalue weighted by Gasteiger charge is -2.15. The first-order valence-electron chi connectivity index (χ1n) is 6.79. The van der Waals surface area contributed by atoms with Gasteiger partial charge in [-0.05, 0) is 18.6 Å². The molecule has 7 nitrogen and oxygen atoms in total. The first-order valence-corrected chi connectivity index (χ1v) is 6.79. The van der Waals surface area contributed by atoms with Gasteiger partial charge >= 0.3 is 5.97 Å². The molecule has 0 atom stereocenters. The molecular formula is C15H17N3O4. The van der Waals surface area contributed by atoms with Crippen LogP contribution in [0.2, 0.25) is 0 Å². The normalized spacial score (nSPS) is 13.5. The maximum absolute atomic E-state index is 11.6. The Morgan fingerprint density at radius 3 is 2.59 bits per heavy atom. The second-order valence-electron chi connectivity index (χ2n) is 4.83. The van der Waals surface area contributed by atoms with Gasteiger partial charge in [0.05, 0.1) is 0 Å². The van der Waals surface area contributed by atoms with Gasteiger partial charge in [-0.1, -0.05) is 29.8 Å². The van der Waals surface area contributed by atoms with E-state index in [2.05, 4.69) is 16.2 Å². The number of carbonyl (C=O) groups excluding carboxylic acids is 3. The van der Waals surface area contributed by atoms with E-state index in [9.17, 15) is 14.4 Å². The summed E-state index contributed by atoms with van der Waals surface area (Å²) in [5.41, 5.74) is 6.93. The molecule has 1 aliphatic rings. The standard InChI is InChI=1S/C15H17N3O4/c1-10-2-4-11(5-3-10)8-16-14(20)9-22-15(21)12-6-7-13(19)18-17-12/h2-6,17H,7-9H2,1H3,(H,16,20)(H,18,19). The van der Waals surface area contributed by atoms with E-state index in [4.69, 9.17) is 4.74 Å². The fourth-order valence-electron chi connectivity index (χ4n) is 1.73. The van der Waals surface area contributed by atoms with Crippen LogP contribution in [0.3, 0.4) is 0 Å². The zero-order valence-corrected chi connectivity index (χ0v) is 12.1. The Hall–Kier alpha value is -2.83. The molecule has 0 bridgehead atoms. The van der Waals surface area contributed by atoms with E-state index in [0.29, 0.717) is 6.54 Å². The largest absolute Gasteiger partial charge is 0.451 e. The molecule has 3 N–H and O–H groups in total. The van der Waals surface area contributed by atoms with Crippen LogP contribution in [0.1, 0.15) is 17.5 Å². The van der Waals surface area contributed by atoms with Crippen molar-refractivity contribution in [3.63, 3.8) is 0 Å². The fraction of sp³-hybridized carbons (Fsp3) is 0.267. The van der Waals surface area contributed by atoms with E-state index in [1.807, 2.05) is 31.2 Å². The highest BCUT2D eigenvalue weighted by Gasteiger charge is 2.17. The SMILES string of the molecule is Cc1ccc(CNC(=O)COC(=O)C2=CCC(=O)NN2)cc1. The molecule has 1 aromatic rings. The topological polar surface area (TPSA) is 96.5 Å². The number of nitrogens with one attached hydrogen (secondary N) is 3. The zero-order chi connectivity index (χ0) is 15.9. The minimum Gasteiger partial charge on any atom is -0.451 e. The molecule has 0 spiro atoms. The smallest absolute Gasteiger partial charge is 0.356 e. The molecule has 1 aliphatic heterocycles. The van der Waals surface area contributed by atoms with Gasteiger partial charge in [-0.25, -0.2) is 4.79 Å². The van der Waals surface area contributed by atoms with Gasteiger partial charge < -0.3 is 10.1 Å². The average Bonchev–Trinajstić information content (AvgIpc) is 2.52. The lowest BCUT2D eigenvalue weighted by atomic mass is 10.1. The van der Waals surface area contributed by atoms with Crippen LogP contribution in [0, 0.1) is 6.92 Å². The Morgan fingerprint density at radius 1 is 1.23 bits per heavy atom. The number of ether oxygens (including phenoxy) is 1. The lowest BCUT2D eigenvalue weighted by Crippen LogP contribution is -2.42. The van der Waals surface area contributed by atoms with Gasteiger partial charge in [-0.3, -0.25) is 20.4 Å². The molecule has 116 valence electrons. The van der Waals surface area contributed by atoms with Gasteiger partial charge in [-0.2, -0.15) is 0 Å². The molecule has 0 fully saturated rings. The van der Waals surface area contributed by atoms with Crippen molar-refractivity contribution in [2.75, 3.05) is 6.61 Å². The number of benzene rings is 1. The molecule has 0 saturated heterocycles. The number of amides is 2. The summed E-state index contributed by atoms with van der Waals surface area (Å²) in [5, 5.41) is 2.66. The van der Waals surface area contributed by atoms with Gasteiger partial charge in [0.25, 0.3) is 5.91 Å². The molecule has 22 heavy (non-hydrogen) atoms. The Kier molecular flexibility index (Phi) is 5.13. The molecule has 0 aliphatic carbocycles. The number of hydrogen-bond acceptors (Lipinski definition) is 5. The summed E-state index contributed by atoms with van der Waals surface area (Å²) < 4.78 is 4.85. The predicted octanol–water partition coefficient (Wildman–Crippen LogP) is 0.0628. The first kappa shape index (κ1) is 15.6. The van der Waals surface area contributed by atoms with Crippen molar-refractivity contribution in [3.8, 4) is 0 Å². The summed E-state index contributed by atoms with van der Waals surface area (Å²) in [6.07, 6.45) is 1.50. The molecule has 0 radical (unpaired) electrons. The number of esters is 1. The van der Waals surface area contributed by atoms with Crippen LogP contribution in [0.25, 0.3) is 0 Å². The number of carbonyl (C=O) groups is 3. The Labute approximate surface area is 127 Å². The van der Waals surface area contributed by atoms with E-state index in [0.717, 1.165) is 11.1 Å². The van der Waals surface area contributed by atoms with Crippen molar-refractivity contribution in [2.45, 2.75) is 19.9 Å². The van der Waals surface area contributed by atoms with Crippen molar-refractivity contribution in [2.24, 2.45) is 0 Å². The van der Waals surface area contributed by atoms with Crippen molar-refractivity contribution in [1.82, 2.24) is 16.2 Å². The van der Waals surface area contributed by atoms with Crippen LogP contribution in [0.15, 0.2) is 36.0 Å². The van der Waals surface area contributed by atoms with Gasteiger partial charge in [-0.15, -0.1) is 0 Å². The van der Waals surface area contributed by atoms with Crippen LogP contribution in [-0.4, -0.2) is 24.4 Å². The fourth-order valence-corrected chi connectivity index (χ4v) is 1.73. The van der Waals surface area contributed by atoms with Gasteiger partial charge in [0.15, 0.2) is 6.61 Å². The molecular weight excluding hydrogens is 286 g/mol. The minimum atomic E-state index is -0.689. The molecule has 1 heterocycles. The molecule has 0 saturated carbocycles. The number of aryl methyl sites for hydroxylation is 1. The second-order valence-corrected chi connectivity index (χ2v) is 4.83. The summed E-state index contributed by atoms with van der Waals surface area (Å²) in [7, 11) is 0. The second kappa shape index (κ2) is 7.26. The zero-order valence-electron chi connectivity index (χ0n) is 12.1. The number of hydrazine groups is 1. The predicted molar refractivity (Wildman–Crippen MR) is 78.0 cm³/mol. The van der Waals surface area contributed by atoms with E-state index in [1.54, 1.807) is 0 Å². The summed E-state index contributed by atoms with van der Waals surface area (Å²) >= 11 is 0. The van der Waals surface area contributed by atoms with Crippen molar-refractivity contribution in [3.05, 3.63) is 47.2 Å². The highest BCUT2D eigenvalue weighted by molar-refractivity contribution is 5.92. The monoisotopic (exact) mass is 303 g/mol. The molecule has 0 unspecified atom stereocenters. The van der Waals surface area contributed by atoms with Crippen molar-refractivity contribution in [1.29, 1.82) is 0 Å². The first-order chi connectivity index (χ1) is 10.5. The third-order valence-corrected chi connectivity index (χ3v) is 2.99. The van der Waals surface area contributed by atoms with Crippen molar-refractivity contribution >= 4 is 17.8 Å². The minimum absolute atomic E-state index is 0.0943. The summed E-state index contributed by atoms with van der Waals surface area (Å²) in [6.45, 7) is 1.98. The Morgan fingerprint density at radius 2 is 1.95 bits per heavy atom. The van der Waals surface area contributed by atoms with Crippen LogP contribution in [-0.2, 0) is 25.7 Å². The quantitative estimate of drug-likeness (QED) is 0.669. The van der Waals surface area contributed by atoms with E-state index < -0.39 is 11.9 Å². The molecule has 1 aromatic carbocycles. The Bertz CT molecular complexity index is 608. The van der Waals surface area contributed by atoms with Crippen LogP contribution < -0.4 is 16.2 Å². The average molecular weight is 303 g/mol. The Balaban J connectivity index is 1.72. The number of hydrogen-bond donors (Lipinski definition) is 3. The maximum atomic E-state index is 11.6. The summed E-state index contributed by atoms with van der Waals surface area (Å²) in [5.74, 6) is -1.33.